The zero-order valence-corrected chi connectivity index (χ0v) is 12.0. The van der Waals surface area contributed by atoms with Gasteiger partial charge in [-0.15, -0.1) is 0 Å². The highest BCUT2D eigenvalue weighted by atomic mass is 16.5. The van der Waals surface area contributed by atoms with Crippen LogP contribution in [0.5, 0.6) is 5.75 Å². The van der Waals surface area contributed by atoms with Crippen LogP contribution in [0, 0.1) is 6.92 Å². The van der Waals surface area contributed by atoms with E-state index in [1.165, 1.54) is 0 Å². The van der Waals surface area contributed by atoms with Crippen molar-refractivity contribution in [3.05, 3.63) is 60.2 Å². The number of ether oxygens (including phenoxy) is 1. The molecule has 0 saturated heterocycles. The predicted molar refractivity (Wildman–Crippen MR) is 81.0 cm³/mol. The fraction of sp³-hybridized carbons (Fsp3) is 0.235. The Hall–Kier alpha value is -2.29. The van der Waals surface area contributed by atoms with Gasteiger partial charge in [-0.25, -0.2) is 0 Å². The monoisotopic (exact) mass is 269 g/mol. The molecule has 2 aromatic carbocycles. The Morgan fingerprint density at radius 3 is 2.25 bits per heavy atom. The van der Waals surface area contributed by atoms with Crippen LogP contribution in [0.4, 0.5) is 5.69 Å². The van der Waals surface area contributed by atoms with Crippen molar-refractivity contribution in [1.29, 1.82) is 0 Å². The van der Waals surface area contributed by atoms with Crippen molar-refractivity contribution in [1.82, 2.24) is 0 Å². The molecule has 0 atom stereocenters. The van der Waals surface area contributed by atoms with Crippen LogP contribution in [-0.2, 0) is 4.79 Å². The van der Waals surface area contributed by atoms with Gasteiger partial charge in [-0.2, -0.15) is 0 Å². The van der Waals surface area contributed by atoms with Crippen molar-refractivity contribution in [2.24, 2.45) is 0 Å². The minimum atomic E-state index is -0.943. The van der Waals surface area contributed by atoms with Crippen molar-refractivity contribution in [2.75, 3.05) is 5.32 Å². The number of hydrogen-bond acceptors (Lipinski definition) is 2. The molecule has 3 heteroatoms. The molecule has 0 spiro atoms. The zero-order valence-electron chi connectivity index (χ0n) is 12.0. The quantitative estimate of drug-likeness (QED) is 0.917. The molecule has 2 rings (SSSR count). The molecular weight excluding hydrogens is 250 g/mol. The van der Waals surface area contributed by atoms with Gasteiger partial charge in [0.05, 0.1) is 0 Å². The summed E-state index contributed by atoms with van der Waals surface area (Å²) in [5.74, 6) is 0.549. The first kappa shape index (κ1) is 14.1. The van der Waals surface area contributed by atoms with E-state index in [1.807, 2.05) is 61.5 Å². The van der Waals surface area contributed by atoms with Crippen molar-refractivity contribution in [3.63, 3.8) is 0 Å². The molecule has 20 heavy (non-hydrogen) atoms. The summed E-state index contributed by atoms with van der Waals surface area (Å²) in [5, 5.41) is 2.86. The number of carbonyl (C=O) groups excluding carboxylic acids is 1. The zero-order chi connectivity index (χ0) is 14.6. The molecule has 0 saturated carbocycles. The van der Waals surface area contributed by atoms with E-state index in [2.05, 4.69) is 5.32 Å². The predicted octanol–water partition coefficient (Wildman–Crippen LogP) is 3.79. The lowest BCUT2D eigenvalue weighted by atomic mass is 10.1. The average molecular weight is 269 g/mol. The van der Waals surface area contributed by atoms with Crippen LogP contribution in [0.15, 0.2) is 54.6 Å². The minimum Gasteiger partial charge on any atom is -0.478 e. The molecule has 0 radical (unpaired) electrons. The topological polar surface area (TPSA) is 38.3 Å². The van der Waals surface area contributed by atoms with Crippen molar-refractivity contribution in [2.45, 2.75) is 26.4 Å². The number of rotatable bonds is 4. The first-order valence-corrected chi connectivity index (χ1v) is 6.60. The van der Waals surface area contributed by atoms with Gasteiger partial charge in [0.2, 0.25) is 0 Å². The Kier molecular flexibility index (Phi) is 4.08. The molecule has 0 aliphatic rings. The lowest BCUT2D eigenvalue weighted by Crippen LogP contribution is -2.42. The van der Waals surface area contributed by atoms with Gasteiger partial charge >= 0.3 is 0 Å². The Morgan fingerprint density at radius 2 is 1.60 bits per heavy atom. The highest BCUT2D eigenvalue weighted by molar-refractivity contribution is 5.96. The molecule has 0 unspecified atom stereocenters. The summed E-state index contributed by atoms with van der Waals surface area (Å²) in [7, 11) is 0. The van der Waals surface area contributed by atoms with Gasteiger partial charge in [0.1, 0.15) is 5.75 Å². The second kappa shape index (κ2) is 5.78. The fourth-order valence-corrected chi connectivity index (χ4v) is 1.80. The van der Waals surface area contributed by atoms with Crippen LogP contribution in [0.2, 0.25) is 0 Å². The standard InChI is InChI=1S/C17H19NO2/c1-13-9-7-8-12-15(13)20-17(2,3)16(19)18-14-10-5-4-6-11-14/h4-12H,1-3H3,(H,18,19). The Labute approximate surface area is 119 Å². The molecule has 0 aliphatic heterocycles. The third-order valence-electron chi connectivity index (χ3n) is 3.04. The molecule has 0 aliphatic carbocycles. The number of para-hydroxylation sites is 2. The van der Waals surface area contributed by atoms with Gasteiger partial charge in [0, 0.05) is 5.69 Å². The van der Waals surface area contributed by atoms with Crippen LogP contribution >= 0.6 is 0 Å². The third-order valence-corrected chi connectivity index (χ3v) is 3.04. The summed E-state index contributed by atoms with van der Waals surface area (Å²) in [6.45, 7) is 5.48. The smallest absolute Gasteiger partial charge is 0.267 e. The van der Waals surface area contributed by atoms with Gasteiger partial charge in [0.25, 0.3) is 5.91 Å². The first-order chi connectivity index (χ1) is 9.49. The molecule has 3 nitrogen and oxygen atoms in total. The van der Waals surface area contributed by atoms with Crippen molar-refractivity contribution < 1.29 is 9.53 Å². The average Bonchev–Trinajstić information content (AvgIpc) is 2.42. The van der Waals surface area contributed by atoms with E-state index in [0.29, 0.717) is 0 Å². The Bertz CT molecular complexity index is 591. The number of hydrogen-bond donors (Lipinski definition) is 1. The molecule has 104 valence electrons. The van der Waals surface area contributed by atoms with Gasteiger partial charge in [-0.1, -0.05) is 36.4 Å². The second-order valence-corrected chi connectivity index (χ2v) is 5.20. The van der Waals surface area contributed by atoms with E-state index in [9.17, 15) is 4.79 Å². The lowest BCUT2D eigenvalue weighted by molar-refractivity contribution is -0.128. The highest BCUT2D eigenvalue weighted by Crippen LogP contribution is 2.23. The number of amides is 1. The van der Waals surface area contributed by atoms with Gasteiger partial charge < -0.3 is 10.1 Å². The van der Waals surface area contributed by atoms with E-state index in [1.54, 1.807) is 13.8 Å². The maximum Gasteiger partial charge on any atom is 0.267 e. The summed E-state index contributed by atoms with van der Waals surface area (Å²) >= 11 is 0. The van der Waals surface area contributed by atoms with E-state index >= 15 is 0 Å². The fourth-order valence-electron chi connectivity index (χ4n) is 1.80. The van der Waals surface area contributed by atoms with E-state index in [0.717, 1.165) is 17.0 Å². The molecule has 0 aromatic heterocycles. The van der Waals surface area contributed by atoms with Gasteiger partial charge in [-0.05, 0) is 44.5 Å². The van der Waals surface area contributed by atoms with Crippen LogP contribution in [0.25, 0.3) is 0 Å². The Morgan fingerprint density at radius 1 is 1.00 bits per heavy atom. The largest absolute Gasteiger partial charge is 0.478 e. The summed E-state index contributed by atoms with van der Waals surface area (Å²) in [6.07, 6.45) is 0. The summed E-state index contributed by atoms with van der Waals surface area (Å²) in [5.41, 5.74) is 0.828. The molecule has 0 bridgehead atoms. The van der Waals surface area contributed by atoms with Crippen molar-refractivity contribution >= 4 is 11.6 Å². The maximum atomic E-state index is 12.3. The number of anilines is 1. The Balaban J connectivity index is 2.10. The van der Waals surface area contributed by atoms with Gasteiger partial charge in [0.15, 0.2) is 5.60 Å². The molecule has 1 amide bonds. The minimum absolute atomic E-state index is 0.174. The van der Waals surface area contributed by atoms with Crippen LogP contribution < -0.4 is 10.1 Å². The molecule has 2 aromatic rings. The van der Waals surface area contributed by atoms with Crippen molar-refractivity contribution in [3.8, 4) is 5.75 Å². The SMILES string of the molecule is Cc1ccccc1OC(C)(C)C(=O)Nc1ccccc1. The normalized spacial score (nSPS) is 10.9. The number of carbonyl (C=O) groups is 1. The summed E-state index contributed by atoms with van der Waals surface area (Å²) in [6, 6.07) is 17.0. The van der Waals surface area contributed by atoms with Crippen LogP contribution in [-0.4, -0.2) is 11.5 Å². The second-order valence-electron chi connectivity index (χ2n) is 5.20. The van der Waals surface area contributed by atoms with E-state index in [4.69, 9.17) is 4.74 Å². The lowest BCUT2D eigenvalue weighted by Gasteiger charge is -2.26. The highest BCUT2D eigenvalue weighted by Gasteiger charge is 2.30. The number of nitrogens with one attached hydrogen (secondary N) is 1. The van der Waals surface area contributed by atoms with Crippen LogP contribution in [0.1, 0.15) is 19.4 Å². The molecular formula is C17H19NO2. The first-order valence-electron chi connectivity index (χ1n) is 6.60. The maximum absolute atomic E-state index is 12.3. The summed E-state index contributed by atoms with van der Waals surface area (Å²) in [4.78, 5) is 12.3. The van der Waals surface area contributed by atoms with E-state index in [-0.39, 0.29) is 5.91 Å². The molecule has 1 N–H and O–H groups in total. The number of aryl methyl sites for hydroxylation is 1. The molecule has 0 heterocycles. The van der Waals surface area contributed by atoms with E-state index < -0.39 is 5.60 Å². The summed E-state index contributed by atoms with van der Waals surface area (Å²) < 4.78 is 5.85. The van der Waals surface area contributed by atoms with Gasteiger partial charge in [-0.3, -0.25) is 4.79 Å². The third kappa shape index (κ3) is 3.38. The number of benzene rings is 2. The molecule has 0 fully saturated rings. The van der Waals surface area contributed by atoms with Crippen LogP contribution in [0.3, 0.4) is 0 Å².